The number of primary amides is 1. The normalized spacial score (nSPS) is 10.3. The zero-order valence-corrected chi connectivity index (χ0v) is 14.3. The summed E-state index contributed by atoms with van der Waals surface area (Å²) in [6, 6.07) is 10.2. The van der Waals surface area contributed by atoms with Gasteiger partial charge >= 0.3 is 0 Å². The summed E-state index contributed by atoms with van der Waals surface area (Å²) in [6.45, 7) is -0.168. The van der Waals surface area contributed by atoms with Crippen LogP contribution in [-0.2, 0) is 4.79 Å². The number of hydrogen-bond donors (Lipinski definition) is 4. The van der Waals surface area contributed by atoms with E-state index < -0.39 is 5.91 Å². The third-order valence-electron chi connectivity index (χ3n) is 3.44. The molecule has 3 aromatic rings. The maximum Gasteiger partial charge on any atom is 0.265 e. The van der Waals surface area contributed by atoms with Crippen molar-refractivity contribution in [2.45, 2.75) is 0 Å². The Morgan fingerprint density at radius 2 is 1.96 bits per heavy atom. The number of aromatic amines is 1. The van der Waals surface area contributed by atoms with E-state index in [1.807, 2.05) is 0 Å². The predicted molar refractivity (Wildman–Crippen MR) is 97.8 cm³/mol. The van der Waals surface area contributed by atoms with Gasteiger partial charge in [0.2, 0.25) is 5.91 Å². The molecule has 26 heavy (non-hydrogen) atoms. The summed E-state index contributed by atoms with van der Waals surface area (Å²) in [5.74, 6) is -1.27. The van der Waals surface area contributed by atoms with E-state index in [9.17, 15) is 14.4 Å². The highest BCUT2D eigenvalue weighted by molar-refractivity contribution is 7.14. The second kappa shape index (κ2) is 7.62. The van der Waals surface area contributed by atoms with E-state index in [0.717, 1.165) is 0 Å². The van der Waals surface area contributed by atoms with Gasteiger partial charge in [0.15, 0.2) is 5.13 Å². The number of nitrogens with two attached hydrogens (primary N) is 1. The van der Waals surface area contributed by atoms with Crippen molar-refractivity contribution in [3.63, 3.8) is 0 Å². The molecule has 8 nitrogen and oxygen atoms in total. The summed E-state index contributed by atoms with van der Waals surface area (Å²) < 4.78 is 0. The number of amides is 3. The van der Waals surface area contributed by atoms with Crippen LogP contribution < -0.4 is 16.4 Å². The van der Waals surface area contributed by atoms with Crippen LogP contribution in [0.15, 0.2) is 48.0 Å². The number of hydrogen-bond acceptors (Lipinski definition) is 5. The third-order valence-corrected chi connectivity index (χ3v) is 4.20. The smallest absolute Gasteiger partial charge is 0.265 e. The first-order valence-corrected chi connectivity index (χ1v) is 8.48. The average Bonchev–Trinajstić information content (AvgIpc) is 3.29. The fourth-order valence-corrected chi connectivity index (χ4v) is 2.90. The van der Waals surface area contributed by atoms with Gasteiger partial charge in [-0.2, -0.15) is 0 Å². The van der Waals surface area contributed by atoms with Crippen LogP contribution in [0.2, 0.25) is 0 Å². The van der Waals surface area contributed by atoms with Gasteiger partial charge in [-0.05, 0) is 18.2 Å². The molecule has 0 aliphatic heterocycles. The SMILES string of the molecule is NC(=O)c1cc(-c2csc(NC(=O)CNC(=O)c3ccccc3)n2)c[nH]1. The van der Waals surface area contributed by atoms with E-state index in [1.54, 1.807) is 48.0 Å². The molecule has 0 saturated carbocycles. The number of carbonyl (C=O) groups excluding carboxylic acids is 3. The van der Waals surface area contributed by atoms with Crippen LogP contribution in [0.25, 0.3) is 11.3 Å². The quantitative estimate of drug-likeness (QED) is 0.526. The van der Waals surface area contributed by atoms with E-state index in [0.29, 0.717) is 22.0 Å². The third kappa shape index (κ3) is 4.14. The van der Waals surface area contributed by atoms with Gasteiger partial charge in [-0.15, -0.1) is 11.3 Å². The van der Waals surface area contributed by atoms with E-state index in [1.165, 1.54) is 11.3 Å². The Labute approximate surface area is 152 Å². The molecule has 0 unspecified atom stereocenters. The largest absolute Gasteiger partial charge is 0.364 e. The van der Waals surface area contributed by atoms with Crippen LogP contribution >= 0.6 is 11.3 Å². The van der Waals surface area contributed by atoms with Crippen molar-refractivity contribution in [3.05, 3.63) is 59.2 Å². The summed E-state index contributed by atoms with van der Waals surface area (Å²) >= 11 is 1.24. The van der Waals surface area contributed by atoms with Crippen LogP contribution in [0, 0.1) is 0 Å². The maximum atomic E-state index is 12.0. The predicted octanol–water partition coefficient (Wildman–Crippen LogP) is 1.61. The topological polar surface area (TPSA) is 130 Å². The van der Waals surface area contributed by atoms with Crippen LogP contribution in [0.1, 0.15) is 20.8 Å². The average molecular weight is 369 g/mol. The molecule has 5 N–H and O–H groups in total. The van der Waals surface area contributed by atoms with Crippen LogP contribution in [0.5, 0.6) is 0 Å². The number of H-pyrrole nitrogens is 1. The second-order valence-corrected chi connectivity index (χ2v) is 6.16. The van der Waals surface area contributed by atoms with Gasteiger partial charge in [0.25, 0.3) is 11.8 Å². The number of aromatic nitrogens is 2. The molecule has 2 aromatic heterocycles. The van der Waals surface area contributed by atoms with Crippen molar-refractivity contribution in [2.24, 2.45) is 5.73 Å². The first-order chi connectivity index (χ1) is 12.5. The highest BCUT2D eigenvalue weighted by Crippen LogP contribution is 2.25. The Hall–Kier alpha value is -3.46. The lowest BCUT2D eigenvalue weighted by Gasteiger charge is -2.04. The van der Waals surface area contributed by atoms with Gasteiger partial charge in [0.05, 0.1) is 12.2 Å². The highest BCUT2D eigenvalue weighted by atomic mass is 32.1. The summed E-state index contributed by atoms with van der Waals surface area (Å²) in [5.41, 5.74) is 7.24. The molecule has 0 spiro atoms. The molecule has 132 valence electrons. The minimum absolute atomic E-state index is 0.168. The number of anilines is 1. The first kappa shape index (κ1) is 17.4. The molecule has 0 aliphatic rings. The van der Waals surface area contributed by atoms with E-state index in [4.69, 9.17) is 5.73 Å². The second-order valence-electron chi connectivity index (χ2n) is 5.30. The fraction of sp³-hybridized carbons (Fsp3) is 0.0588. The summed E-state index contributed by atoms with van der Waals surface area (Å²) in [4.78, 5) is 42.0. The van der Waals surface area contributed by atoms with Crippen molar-refractivity contribution in [2.75, 3.05) is 11.9 Å². The molecule has 0 bridgehead atoms. The van der Waals surface area contributed by atoms with Crippen LogP contribution in [0.4, 0.5) is 5.13 Å². The van der Waals surface area contributed by atoms with E-state index in [-0.39, 0.29) is 24.1 Å². The number of nitrogens with zero attached hydrogens (tertiary/aromatic N) is 1. The number of nitrogens with one attached hydrogen (secondary N) is 3. The van der Waals surface area contributed by atoms with Gasteiger partial charge in [0, 0.05) is 22.7 Å². The molecular weight excluding hydrogens is 354 g/mol. The summed E-state index contributed by atoms with van der Waals surface area (Å²) in [6.07, 6.45) is 1.61. The van der Waals surface area contributed by atoms with Gasteiger partial charge in [-0.3, -0.25) is 14.4 Å². The molecule has 0 saturated heterocycles. The Bertz CT molecular complexity index is 948. The van der Waals surface area contributed by atoms with Gasteiger partial charge in [0.1, 0.15) is 5.69 Å². The van der Waals surface area contributed by atoms with Gasteiger partial charge in [-0.25, -0.2) is 4.98 Å². The van der Waals surface area contributed by atoms with Crippen LogP contribution in [0.3, 0.4) is 0 Å². The number of benzene rings is 1. The minimum Gasteiger partial charge on any atom is -0.364 e. The molecule has 1 aromatic carbocycles. The fourth-order valence-electron chi connectivity index (χ4n) is 2.16. The maximum absolute atomic E-state index is 12.0. The first-order valence-electron chi connectivity index (χ1n) is 7.60. The molecule has 9 heteroatoms. The molecule has 0 aliphatic carbocycles. The number of thiazole rings is 1. The molecule has 2 heterocycles. The van der Waals surface area contributed by atoms with Crippen molar-refractivity contribution in [1.82, 2.24) is 15.3 Å². The molecule has 3 amide bonds. The van der Waals surface area contributed by atoms with Crippen molar-refractivity contribution >= 4 is 34.2 Å². The summed E-state index contributed by atoms with van der Waals surface area (Å²) in [7, 11) is 0. The monoisotopic (exact) mass is 369 g/mol. The van der Waals surface area contributed by atoms with E-state index >= 15 is 0 Å². The minimum atomic E-state index is -0.561. The molecule has 0 fully saturated rings. The van der Waals surface area contributed by atoms with Crippen molar-refractivity contribution in [1.29, 1.82) is 0 Å². The van der Waals surface area contributed by atoms with Crippen molar-refractivity contribution in [3.8, 4) is 11.3 Å². The molecule has 0 atom stereocenters. The van der Waals surface area contributed by atoms with Crippen LogP contribution in [-0.4, -0.2) is 34.2 Å². The number of carbonyl (C=O) groups is 3. The standard InChI is InChI=1S/C17H15N5O3S/c18-15(24)12-6-11(7-19-12)13-9-26-17(21-13)22-14(23)8-20-16(25)10-4-2-1-3-5-10/h1-7,9,19H,8H2,(H2,18,24)(H,20,25)(H,21,22,23). The summed E-state index contributed by atoms with van der Waals surface area (Å²) in [5, 5.41) is 7.29. The Morgan fingerprint density at radius 3 is 2.65 bits per heavy atom. The van der Waals surface area contributed by atoms with E-state index in [2.05, 4.69) is 20.6 Å². The Morgan fingerprint density at radius 1 is 1.19 bits per heavy atom. The molecular formula is C17H15N5O3S. The lowest BCUT2D eigenvalue weighted by atomic mass is 10.2. The lowest BCUT2D eigenvalue weighted by molar-refractivity contribution is -0.115. The zero-order valence-electron chi connectivity index (χ0n) is 13.5. The Balaban J connectivity index is 1.56. The lowest BCUT2D eigenvalue weighted by Crippen LogP contribution is -2.32. The van der Waals surface area contributed by atoms with Crippen molar-refractivity contribution < 1.29 is 14.4 Å². The zero-order chi connectivity index (χ0) is 18.5. The molecule has 0 radical (unpaired) electrons. The Kier molecular flexibility index (Phi) is 5.09. The van der Waals surface area contributed by atoms with Gasteiger partial charge < -0.3 is 21.4 Å². The molecule has 3 rings (SSSR count). The number of rotatable bonds is 6. The highest BCUT2D eigenvalue weighted by Gasteiger charge is 2.12. The van der Waals surface area contributed by atoms with Gasteiger partial charge in [-0.1, -0.05) is 18.2 Å².